The Bertz CT molecular complexity index is 2800. The van der Waals surface area contributed by atoms with Gasteiger partial charge in [0.2, 0.25) is 10.0 Å². The first kappa shape index (κ1) is 47.0. The molecule has 0 aromatic heterocycles. The van der Waals surface area contributed by atoms with Gasteiger partial charge < -0.3 is 19.2 Å². The number of unbranched alkanes of at least 4 members (excludes halogenated alkanes) is 3. The van der Waals surface area contributed by atoms with Gasteiger partial charge in [0.05, 0.1) is 16.5 Å². The Labute approximate surface area is 374 Å². The highest BCUT2D eigenvalue weighted by Gasteiger charge is 2.43. The average molecular weight is 919 g/mol. The van der Waals surface area contributed by atoms with Crippen LogP contribution in [0.4, 0.5) is 0 Å². The monoisotopic (exact) mass is 918 g/mol. The maximum absolute atomic E-state index is 15.7. The third kappa shape index (κ3) is 9.00. The number of rotatable bonds is 15. The molecular weight excluding hydrogens is 863 g/mol. The van der Waals surface area contributed by atoms with Gasteiger partial charge in [-0.3, -0.25) is 14.6 Å². The van der Waals surface area contributed by atoms with E-state index in [0.717, 1.165) is 5.56 Å². The van der Waals surface area contributed by atoms with Gasteiger partial charge in [-0.2, -0.15) is 4.31 Å². The lowest BCUT2D eigenvalue weighted by atomic mass is 9.69. The Kier molecular flexibility index (Phi) is 12.8. The van der Waals surface area contributed by atoms with E-state index in [0.29, 0.717) is 61.1 Å². The number of hydrogen-bond acceptors (Lipinski definition) is 12. The average Bonchev–Trinajstić information content (AvgIpc) is 3.50. The van der Waals surface area contributed by atoms with Crippen molar-refractivity contribution < 1.29 is 55.2 Å². The second-order valence-electron chi connectivity index (χ2n) is 19.0. The predicted molar refractivity (Wildman–Crippen MR) is 234 cm³/mol. The zero-order valence-electron chi connectivity index (χ0n) is 37.4. The van der Waals surface area contributed by atoms with Crippen molar-refractivity contribution in [2.24, 2.45) is 10.4 Å². The fourth-order valence-electron chi connectivity index (χ4n) is 10.0. The van der Waals surface area contributed by atoms with Crippen molar-refractivity contribution in [2.45, 2.75) is 146 Å². The van der Waals surface area contributed by atoms with Crippen molar-refractivity contribution in [3.8, 4) is 11.5 Å². The Morgan fingerprint density at radius 1 is 0.891 bits per heavy atom. The van der Waals surface area contributed by atoms with Crippen molar-refractivity contribution >= 4 is 49.5 Å². The number of carboxylic acids is 1. The number of carbonyl (C=O) groups excluding carboxylic acids is 3. The van der Waals surface area contributed by atoms with Crippen molar-refractivity contribution in [1.82, 2.24) is 9.37 Å². The van der Waals surface area contributed by atoms with Crippen LogP contribution in [0, 0.1) is 5.41 Å². The molecule has 1 aliphatic carbocycles. The fraction of sp³-hybridized carbons (Fsp3) is 0.511. The molecule has 0 radical (unpaired) electrons. The summed E-state index contributed by atoms with van der Waals surface area (Å²) in [6.07, 6.45) is 3.54. The maximum Gasteiger partial charge on any atom is 0.336 e. The first-order valence-electron chi connectivity index (χ1n) is 22.0. The van der Waals surface area contributed by atoms with Crippen LogP contribution in [0.15, 0.2) is 51.2 Å². The standard InChI is InChI=1S/C47H57N3O12S2/c1-8-9-20-49(21-14-10-11-17-38(53)62-50-36(51)18-19-37(50)52)63(56,57)43-35-26-46(4,5)24-27(2)31(35)22-33-39(29-15-12-13-16-30(29)45(54)55)34-23-32-28(3)25-47(6,7)48-40(32)44(64(58,59)60)42(34)61-41(33)43/h12-13,15-16,22-23,27-28H,8-11,14,17-21,24-26H2,1-7H3,(H,54,55)(H,58,59,60)/p-1. The highest BCUT2D eigenvalue weighted by molar-refractivity contribution is 7.89. The topological polar surface area (TPSA) is 217 Å². The van der Waals surface area contributed by atoms with Crippen LogP contribution in [0.25, 0.3) is 5.57 Å². The fourth-order valence-corrected chi connectivity index (χ4v) is 12.7. The number of hydroxylamine groups is 2. The molecule has 4 aliphatic rings. The molecule has 1 N–H and O–H groups in total. The van der Waals surface area contributed by atoms with Crippen LogP contribution in [0.3, 0.4) is 0 Å². The summed E-state index contributed by atoms with van der Waals surface area (Å²) in [4.78, 5) is 58.2. The molecule has 2 atom stereocenters. The van der Waals surface area contributed by atoms with Gasteiger partial charge in [-0.1, -0.05) is 65.7 Å². The minimum atomic E-state index is -5.38. The van der Waals surface area contributed by atoms with Crippen LogP contribution in [-0.2, 0) is 45.8 Å². The smallest absolute Gasteiger partial charge is 0.336 e. The quantitative estimate of drug-likeness (QED) is 0.0760. The Morgan fingerprint density at radius 2 is 1.55 bits per heavy atom. The number of carboxylic acid groups (broad SMARTS) is 1. The molecule has 2 unspecified atom stereocenters. The minimum absolute atomic E-state index is 0.0285. The Morgan fingerprint density at radius 3 is 2.20 bits per heavy atom. The zero-order chi connectivity index (χ0) is 46.7. The van der Waals surface area contributed by atoms with E-state index < -0.39 is 60.1 Å². The van der Waals surface area contributed by atoms with Gasteiger partial charge in [-0.25, -0.2) is 26.4 Å². The first-order chi connectivity index (χ1) is 30.0. The number of ether oxygens (including phenoxy) is 1. The van der Waals surface area contributed by atoms with Gasteiger partial charge in [-0.05, 0) is 110 Å². The Hall–Kier alpha value is -4.97. The molecular formula is C47H56N3O12S2-. The van der Waals surface area contributed by atoms with E-state index in [4.69, 9.17) is 14.6 Å². The third-order valence-electron chi connectivity index (χ3n) is 12.7. The van der Waals surface area contributed by atoms with Gasteiger partial charge in [0.1, 0.15) is 19.9 Å². The highest BCUT2D eigenvalue weighted by Crippen LogP contribution is 2.52. The van der Waals surface area contributed by atoms with E-state index in [2.05, 4.69) is 0 Å². The summed E-state index contributed by atoms with van der Waals surface area (Å²) in [6.45, 7) is 13.8. The van der Waals surface area contributed by atoms with Crippen LogP contribution < -0.4 is 15.3 Å². The summed E-state index contributed by atoms with van der Waals surface area (Å²) in [6, 6.07) is 9.78. The first-order valence-corrected chi connectivity index (χ1v) is 24.8. The third-order valence-corrected chi connectivity index (χ3v) is 15.5. The van der Waals surface area contributed by atoms with Crippen LogP contribution in [0.5, 0.6) is 11.5 Å². The molecule has 3 aliphatic heterocycles. The molecule has 344 valence electrons. The largest absolute Gasteiger partial charge is 0.744 e. The van der Waals surface area contributed by atoms with Gasteiger partial charge in [0.25, 0.3) is 11.8 Å². The molecule has 0 saturated carbocycles. The van der Waals surface area contributed by atoms with Crippen LogP contribution in [0.1, 0.15) is 163 Å². The minimum Gasteiger partial charge on any atom is -0.744 e. The number of aromatic carboxylic acids is 1. The van der Waals surface area contributed by atoms with E-state index in [1.54, 1.807) is 24.3 Å². The number of hydrogen-bond donors (Lipinski definition) is 1. The lowest BCUT2D eigenvalue weighted by Gasteiger charge is -2.39. The number of sulfonamides is 1. The van der Waals surface area contributed by atoms with Crippen LogP contribution in [-0.4, -0.2) is 78.2 Å². The van der Waals surface area contributed by atoms with E-state index in [9.17, 15) is 37.3 Å². The molecule has 3 aromatic carbocycles. The predicted octanol–water partition coefficient (Wildman–Crippen LogP) is 6.58. The number of fused-ring (bicyclic) bond motifs is 4. The lowest BCUT2D eigenvalue weighted by Crippen LogP contribution is -2.39. The molecule has 1 fully saturated rings. The van der Waals surface area contributed by atoms with Crippen molar-refractivity contribution in [1.29, 1.82) is 0 Å². The van der Waals surface area contributed by atoms with E-state index >= 15 is 8.42 Å². The number of amides is 2. The van der Waals surface area contributed by atoms with Crippen molar-refractivity contribution in [3.05, 3.63) is 80.4 Å². The van der Waals surface area contributed by atoms with Gasteiger partial charge >= 0.3 is 11.9 Å². The number of imide groups is 1. The molecule has 64 heavy (non-hydrogen) atoms. The molecule has 3 aromatic rings. The second kappa shape index (κ2) is 17.4. The summed E-state index contributed by atoms with van der Waals surface area (Å²) in [7, 11) is -9.91. The summed E-state index contributed by atoms with van der Waals surface area (Å²) < 4.78 is 80.4. The molecule has 7 rings (SSSR count). The van der Waals surface area contributed by atoms with Crippen LogP contribution in [0.2, 0.25) is 0 Å². The van der Waals surface area contributed by atoms with Gasteiger partial charge in [0, 0.05) is 48.7 Å². The summed E-state index contributed by atoms with van der Waals surface area (Å²) in [5.74, 6) is -4.23. The van der Waals surface area contributed by atoms with Gasteiger partial charge in [-0.15, -0.1) is 5.06 Å². The van der Waals surface area contributed by atoms with E-state index in [1.807, 2.05) is 54.5 Å². The SMILES string of the molecule is CCCCN(CCCCCC(=O)ON1C(=O)CCC1=O)S(=O)(=O)c1c2c(cc3c1Oc1c(S(=O)(=O)[O-])c4c(cc1=C3c1ccccc1C(=O)O)C(C)CC(C)(C)N=4)C(C)CC(C)(C)C2. The molecule has 0 spiro atoms. The van der Waals surface area contributed by atoms with Crippen molar-refractivity contribution in [2.75, 3.05) is 13.1 Å². The molecule has 0 bridgehead atoms. The summed E-state index contributed by atoms with van der Waals surface area (Å²) >= 11 is 0. The summed E-state index contributed by atoms with van der Waals surface area (Å²) in [5, 5.41) is 11.1. The molecule has 15 nitrogen and oxygen atoms in total. The maximum atomic E-state index is 15.7. The number of carbonyl (C=O) groups is 4. The molecule has 17 heteroatoms. The molecule has 1 saturated heterocycles. The summed E-state index contributed by atoms with van der Waals surface area (Å²) in [5.41, 5.74) is 1.10. The highest BCUT2D eigenvalue weighted by atomic mass is 32.2. The molecule has 3 heterocycles. The van der Waals surface area contributed by atoms with E-state index in [-0.39, 0.29) is 99.5 Å². The van der Waals surface area contributed by atoms with E-state index in [1.165, 1.54) is 10.4 Å². The number of nitrogens with zero attached hydrogens (tertiary/aromatic N) is 3. The normalized spacial score (nSPS) is 19.9. The van der Waals surface area contributed by atoms with Gasteiger partial charge in [0.15, 0.2) is 11.5 Å². The van der Waals surface area contributed by atoms with Crippen LogP contribution >= 0.6 is 0 Å². The lowest BCUT2D eigenvalue weighted by molar-refractivity contribution is -0.197. The molecule has 2 amide bonds. The number of benzene rings is 3. The van der Waals surface area contributed by atoms with Crippen molar-refractivity contribution in [3.63, 3.8) is 0 Å². The second-order valence-corrected chi connectivity index (χ2v) is 22.2. The zero-order valence-corrected chi connectivity index (χ0v) is 39.0. The Balaban J connectivity index is 1.44.